The van der Waals surface area contributed by atoms with Gasteiger partial charge in [0.2, 0.25) is 0 Å². The summed E-state index contributed by atoms with van der Waals surface area (Å²) in [4.78, 5) is 36.8. The molecule has 1 aliphatic heterocycles. The maximum Gasteiger partial charge on any atom is 0.351 e. The Morgan fingerprint density at radius 2 is 2.41 bits per heavy atom. The van der Waals surface area contributed by atoms with E-state index in [4.69, 9.17) is 15.2 Å². The molecule has 3 N–H and O–H groups in total. The van der Waals surface area contributed by atoms with Crippen molar-refractivity contribution >= 4 is 18.1 Å². The molecule has 1 aliphatic rings. The minimum absolute atomic E-state index is 0.0168. The zero-order valence-corrected chi connectivity index (χ0v) is 11.8. The number of nitrogens with two attached hydrogens (primary N) is 1. The summed E-state index contributed by atoms with van der Waals surface area (Å²) in [5.41, 5.74) is 4.82. The number of aldehydes is 1. The van der Waals surface area contributed by atoms with Crippen LogP contribution in [-0.2, 0) is 19.1 Å². The number of aromatic nitrogens is 2. The summed E-state index contributed by atoms with van der Waals surface area (Å²) in [6, 6.07) is 1.45. The number of ether oxygens (including phenoxy) is 2. The van der Waals surface area contributed by atoms with E-state index in [1.54, 1.807) is 0 Å². The van der Waals surface area contributed by atoms with E-state index in [2.05, 4.69) is 4.98 Å². The molecule has 2 heterocycles. The predicted molar refractivity (Wildman–Crippen MR) is 73.7 cm³/mol. The lowest BCUT2D eigenvalue weighted by molar-refractivity contribution is -0.150. The van der Waals surface area contributed by atoms with E-state index in [9.17, 15) is 19.5 Å². The Hall–Kier alpha value is -2.26. The summed E-state index contributed by atoms with van der Waals surface area (Å²) >= 11 is 0. The molecule has 9 heteroatoms. The first-order valence-electron chi connectivity index (χ1n) is 6.78. The van der Waals surface area contributed by atoms with Gasteiger partial charge in [-0.05, 0) is 6.07 Å². The lowest BCUT2D eigenvalue weighted by atomic mass is 10.2. The Bertz CT molecular complexity index is 602. The van der Waals surface area contributed by atoms with Gasteiger partial charge in [0.15, 0.2) is 0 Å². The van der Waals surface area contributed by atoms with Crippen LogP contribution in [0.1, 0.15) is 25.5 Å². The number of carbonyl (C=O) groups is 2. The monoisotopic (exact) mass is 311 g/mol. The molecule has 0 amide bonds. The molecule has 120 valence electrons. The molecule has 0 aromatic carbocycles. The van der Waals surface area contributed by atoms with Crippen molar-refractivity contribution < 1.29 is 24.2 Å². The molecule has 1 aromatic heterocycles. The van der Waals surface area contributed by atoms with Gasteiger partial charge in [-0.2, -0.15) is 4.98 Å². The third-order valence-corrected chi connectivity index (χ3v) is 3.24. The van der Waals surface area contributed by atoms with Crippen LogP contribution in [0.5, 0.6) is 0 Å². The highest BCUT2D eigenvalue weighted by Gasteiger charge is 2.36. The van der Waals surface area contributed by atoms with Crippen LogP contribution in [-0.4, -0.2) is 45.7 Å². The zero-order chi connectivity index (χ0) is 16.1. The number of esters is 1. The first-order chi connectivity index (χ1) is 10.5. The molecule has 0 saturated carbocycles. The van der Waals surface area contributed by atoms with E-state index in [-0.39, 0.29) is 31.7 Å². The SMILES string of the molecule is Nc1ccn([C@H]2C[C@H](O)[C@@H](COC(=O)CCC=O)O2)c(=O)n1. The van der Waals surface area contributed by atoms with Crippen molar-refractivity contribution in [2.24, 2.45) is 0 Å². The molecule has 22 heavy (non-hydrogen) atoms. The van der Waals surface area contributed by atoms with Crippen LogP contribution in [0, 0.1) is 0 Å². The van der Waals surface area contributed by atoms with Gasteiger partial charge in [0, 0.05) is 19.0 Å². The topological polar surface area (TPSA) is 134 Å². The summed E-state index contributed by atoms with van der Waals surface area (Å²) in [6.45, 7) is -0.146. The highest BCUT2D eigenvalue weighted by atomic mass is 16.6. The fourth-order valence-corrected chi connectivity index (χ4v) is 2.10. The molecular weight excluding hydrogens is 294 g/mol. The molecule has 9 nitrogen and oxygen atoms in total. The Morgan fingerprint density at radius 1 is 1.64 bits per heavy atom. The Balaban J connectivity index is 1.93. The fourth-order valence-electron chi connectivity index (χ4n) is 2.10. The van der Waals surface area contributed by atoms with E-state index in [1.807, 2.05) is 0 Å². The van der Waals surface area contributed by atoms with E-state index in [1.165, 1.54) is 16.8 Å². The highest BCUT2D eigenvalue weighted by molar-refractivity contribution is 5.72. The van der Waals surface area contributed by atoms with Crippen molar-refractivity contribution in [3.63, 3.8) is 0 Å². The Kier molecular flexibility index (Phi) is 5.23. The van der Waals surface area contributed by atoms with E-state index in [0.717, 1.165) is 0 Å². The minimum atomic E-state index is -0.881. The number of aliphatic hydroxyl groups is 1. The number of rotatable bonds is 6. The molecule has 1 aromatic rings. The summed E-state index contributed by atoms with van der Waals surface area (Å²) in [5, 5.41) is 9.92. The molecule has 0 radical (unpaired) electrons. The smallest absolute Gasteiger partial charge is 0.351 e. The third kappa shape index (κ3) is 3.89. The van der Waals surface area contributed by atoms with Crippen LogP contribution >= 0.6 is 0 Å². The summed E-state index contributed by atoms with van der Waals surface area (Å²) in [7, 11) is 0. The van der Waals surface area contributed by atoms with Gasteiger partial charge in [-0.1, -0.05) is 0 Å². The fraction of sp³-hybridized carbons (Fsp3) is 0.538. The van der Waals surface area contributed by atoms with E-state index < -0.39 is 30.1 Å². The average Bonchev–Trinajstić information content (AvgIpc) is 2.83. The van der Waals surface area contributed by atoms with E-state index in [0.29, 0.717) is 6.29 Å². The summed E-state index contributed by atoms with van der Waals surface area (Å²) in [5.74, 6) is -0.446. The van der Waals surface area contributed by atoms with Crippen LogP contribution in [0.25, 0.3) is 0 Å². The molecule has 0 aliphatic carbocycles. The van der Waals surface area contributed by atoms with Gasteiger partial charge in [0.05, 0.1) is 12.5 Å². The van der Waals surface area contributed by atoms with Crippen molar-refractivity contribution in [1.29, 1.82) is 0 Å². The molecule has 0 unspecified atom stereocenters. The van der Waals surface area contributed by atoms with Gasteiger partial charge in [0.1, 0.15) is 31.0 Å². The van der Waals surface area contributed by atoms with Crippen molar-refractivity contribution in [3.8, 4) is 0 Å². The molecule has 0 bridgehead atoms. The Labute approximate surface area is 125 Å². The molecule has 1 saturated heterocycles. The van der Waals surface area contributed by atoms with Crippen LogP contribution in [0.2, 0.25) is 0 Å². The molecular formula is C13H17N3O6. The third-order valence-electron chi connectivity index (χ3n) is 3.24. The standard InChI is InChI=1S/C13H17N3O6/c14-10-3-4-16(13(20)15-10)11-6-8(18)9(22-11)7-21-12(19)2-1-5-17/h3-5,8-9,11,18H,1-2,6-7H2,(H2,14,15,20)/t8-,9+,11+/m0/s1. The van der Waals surface area contributed by atoms with Gasteiger partial charge in [-0.15, -0.1) is 0 Å². The molecule has 2 rings (SSSR count). The number of hydrogen-bond donors (Lipinski definition) is 2. The number of carbonyl (C=O) groups excluding carboxylic acids is 2. The first-order valence-corrected chi connectivity index (χ1v) is 6.78. The largest absolute Gasteiger partial charge is 0.463 e. The minimum Gasteiger partial charge on any atom is -0.463 e. The van der Waals surface area contributed by atoms with Crippen molar-refractivity contribution in [1.82, 2.24) is 9.55 Å². The second-order valence-corrected chi connectivity index (χ2v) is 4.86. The second kappa shape index (κ2) is 7.14. The van der Waals surface area contributed by atoms with Crippen molar-refractivity contribution in [3.05, 3.63) is 22.7 Å². The lowest BCUT2D eigenvalue weighted by Gasteiger charge is -2.16. The second-order valence-electron chi connectivity index (χ2n) is 4.86. The maximum atomic E-state index is 11.7. The number of nitrogens with zero attached hydrogens (tertiary/aromatic N) is 2. The van der Waals surface area contributed by atoms with Crippen LogP contribution in [0.4, 0.5) is 5.82 Å². The zero-order valence-electron chi connectivity index (χ0n) is 11.8. The van der Waals surface area contributed by atoms with Crippen LogP contribution in [0.15, 0.2) is 17.1 Å². The van der Waals surface area contributed by atoms with Gasteiger partial charge < -0.3 is 25.1 Å². The molecule has 3 atom stereocenters. The summed E-state index contributed by atoms with van der Waals surface area (Å²) in [6.07, 6.45) is -0.0299. The number of nitrogen functional groups attached to an aromatic ring is 1. The van der Waals surface area contributed by atoms with Crippen LogP contribution < -0.4 is 11.4 Å². The molecule has 1 fully saturated rings. The first kappa shape index (κ1) is 16.1. The quantitative estimate of drug-likeness (QED) is 0.504. The number of anilines is 1. The average molecular weight is 311 g/mol. The van der Waals surface area contributed by atoms with Crippen molar-refractivity contribution in [2.45, 2.75) is 37.7 Å². The van der Waals surface area contributed by atoms with E-state index >= 15 is 0 Å². The highest BCUT2D eigenvalue weighted by Crippen LogP contribution is 2.27. The number of hydrogen-bond acceptors (Lipinski definition) is 8. The maximum absolute atomic E-state index is 11.7. The predicted octanol–water partition coefficient (Wildman–Crippen LogP) is -1.00. The van der Waals surface area contributed by atoms with Crippen LogP contribution in [0.3, 0.4) is 0 Å². The number of aliphatic hydroxyl groups excluding tert-OH is 1. The summed E-state index contributed by atoms with van der Waals surface area (Å²) < 4.78 is 11.7. The van der Waals surface area contributed by atoms with Gasteiger partial charge in [0.25, 0.3) is 0 Å². The van der Waals surface area contributed by atoms with Crippen molar-refractivity contribution in [2.75, 3.05) is 12.3 Å². The lowest BCUT2D eigenvalue weighted by Crippen LogP contribution is -2.29. The Morgan fingerprint density at radius 3 is 3.09 bits per heavy atom. The van der Waals surface area contributed by atoms with Gasteiger partial charge in [-0.25, -0.2) is 4.79 Å². The van der Waals surface area contributed by atoms with Gasteiger partial charge >= 0.3 is 11.7 Å². The van der Waals surface area contributed by atoms with Gasteiger partial charge in [-0.3, -0.25) is 9.36 Å². The molecule has 0 spiro atoms. The normalized spacial score (nSPS) is 24.1.